The smallest absolute Gasteiger partial charge is 0.125 e. The molecule has 0 saturated heterocycles. The SMILES string of the molecule is C=C(OCC)c1ccc(F)cc1N. The van der Waals surface area contributed by atoms with Crippen molar-refractivity contribution in [2.45, 2.75) is 6.92 Å². The summed E-state index contributed by atoms with van der Waals surface area (Å²) in [5, 5.41) is 0. The normalized spacial score (nSPS) is 9.69. The van der Waals surface area contributed by atoms with E-state index in [1.165, 1.54) is 12.1 Å². The van der Waals surface area contributed by atoms with Gasteiger partial charge >= 0.3 is 0 Å². The third-order valence-corrected chi connectivity index (χ3v) is 1.63. The number of nitrogen functional groups attached to an aromatic ring is 1. The first-order chi connectivity index (χ1) is 6.15. The summed E-state index contributed by atoms with van der Waals surface area (Å²) in [5.41, 5.74) is 6.56. The molecule has 13 heavy (non-hydrogen) atoms. The fourth-order valence-corrected chi connectivity index (χ4v) is 1.04. The zero-order chi connectivity index (χ0) is 9.84. The van der Waals surface area contributed by atoms with Gasteiger partial charge < -0.3 is 10.5 Å². The van der Waals surface area contributed by atoms with Gasteiger partial charge in [0.25, 0.3) is 0 Å². The summed E-state index contributed by atoms with van der Waals surface area (Å²) >= 11 is 0. The van der Waals surface area contributed by atoms with Gasteiger partial charge in [0.15, 0.2) is 0 Å². The molecule has 2 N–H and O–H groups in total. The molecular formula is C10H12FNO. The number of halogens is 1. The molecule has 0 aromatic heterocycles. The Bertz CT molecular complexity index is 323. The molecule has 0 unspecified atom stereocenters. The average Bonchev–Trinajstić information content (AvgIpc) is 2.04. The van der Waals surface area contributed by atoms with Crippen LogP contribution in [0.4, 0.5) is 10.1 Å². The van der Waals surface area contributed by atoms with Crippen molar-refractivity contribution in [1.82, 2.24) is 0 Å². The van der Waals surface area contributed by atoms with Crippen LogP contribution in [0.3, 0.4) is 0 Å². The monoisotopic (exact) mass is 181 g/mol. The molecular weight excluding hydrogens is 169 g/mol. The van der Waals surface area contributed by atoms with E-state index < -0.39 is 0 Å². The van der Waals surface area contributed by atoms with E-state index in [-0.39, 0.29) is 5.82 Å². The van der Waals surface area contributed by atoms with Crippen LogP contribution in [0.25, 0.3) is 5.76 Å². The van der Waals surface area contributed by atoms with Crippen LogP contribution in [-0.2, 0) is 4.74 Å². The number of anilines is 1. The van der Waals surface area contributed by atoms with Crippen molar-refractivity contribution in [2.75, 3.05) is 12.3 Å². The van der Waals surface area contributed by atoms with E-state index in [0.29, 0.717) is 23.6 Å². The second-order valence-corrected chi connectivity index (χ2v) is 2.59. The Morgan fingerprint density at radius 2 is 2.31 bits per heavy atom. The summed E-state index contributed by atoms with van der Waals surface area (Å²) in [6.45, 7) is 6.06. The van der Waals surface area contributed by atoms with Crippen molar-refractivity contribution in [3.8, 4) is 0 Å². The Morgan fingerprint density at radius 3 is 2.85 bits per heavy atom. The largest absolute Gasteiger partial charge is 0.494 e. The van der Waals surface area contributed by atoms with E-state index in [9.17, 15) is 4.39 Å². The molecule has 0 aliphatic carbocycles. The van der Waals surface area contributed by atoms with E-state index in [2.05, 4.69) is 6.58 Å². The zero-order valence-corrected chi connectivity index (χ0v) is 7.51. The van der Waals surface area contributed by atoms with Crippen LogP contribution in [0.5, 0.6) is 0 Å². The molecule has 0 spiro atoms. The van der Waals surface area contributed by atoms with Crippen molar-refractivity contribution in [3.63, 3.8) is 0 Å². The number of nitrogens with two attached hydrogens (primary N) is 1. The van der Waals surface area contributed by atoms with Crippen molar-refractivity contribution >= 4 is 11.4 Å². The van der Waals surface area contributed by atoms with Gasteiger partial charge in [0.1, 0.15) is 11.6 Å². The first kappa shape index (κ1) is 9.58. The highest BCUT2D eigenvalue weighted by Gasteiger charge is 2.04. The number of rotatable bonds is 3. The summed E-state index contributed by atoms with van der Waals surface area (Å²) in [6, 6.07) is 4.14. The molecule has 2 nitrogen and oxygen atoms in total. The van der Waals surface area contributed by atoms with Gasteiger partial charge in [0.05, 0.1) is 6.61 Å². The lowest BCUT2D eigenvalue weighted by molar-refractivity contribution is 0.299. The molecule has 0 radical (unpaired) electrons. The maximum absolute atomic E-state index is 12.6. The summed E-state index contributed by atoms with van der Waals surface area (Å²) in [4.78, 5) is 0. The third-order valence-electron chi connectivity index (χ3n) is 1.63. The van der Waals surface area contributed by atoms with Gasteiger partial charge in [-0.3, -0.25) is 0 Å². The molecule has 0 aliphatic rings. The highest BCUT2D eigenvalue weighted by molar-refractivity contribution is 5.69. The van der Waals surface area contributed by atoms with Gasteiger partial charge in [-0.25, -0.2) is 4.39 Å². The lowest BCUT2D eigenvalue weighted by Crippen LogP contribution is -1.96. The molecule has 0 atom stereocenters. The van der Waals surface area contributed by atoms with E-state index in [0.717, 1.165) is 0 Å². The number of benzene rings is 1. The Kier molecular flexibility index (Phi) is 2.90. The van der Waals surface area contributed by atoms with Crippen molar-refractivity contribution < 1.29 is 9.13 Å². The fraction of sp³-hybridized carbons (Fsp3) is 0.200. The minimum Gasteiger partial charge on any atom is -0.494 e. The zero-order valence-electron chi connectivity index (χ0n) is 7.51. The quantitative estimate of drug-likeness (QED) is 0.574. The van der Waals surface area contributed by atoms with Crippen LogP contribution < -0.4 is 5.73 Å². The second-order valence-electron chi connectivity index (χ2n) is 2.59. The van der Waals surface area contributed by atoms with Crippen molar-refractivity contribution in [2.24, 2.45) is 0 Å². The topological polar surface area (TPSA) is 35.2 Å². The fourth-order valence-electron chi connectivity index (χ4n) is 1.04. The maximum atomic E-state index is 12.6. The minimum absolute atomic E-state index is 0.346. The number of hydrogen-bond acceptors (Lipinski definition) is 2. The van der Waals surface area contributed by atoms with Crippen LogP contribution in [0, 0.1) is 5.82 Å². The van der Waals surface area contributed by atoms with Gasteiger partial charge in [-0.05, 0) is 25.1 Å². The Hall–Kier alpha value is -1.51. The summed E-state index contributed by atoms with van der Waals surface area (Å²) < 4.78 is 17.8. The molecule has 0 amide bonds. The molecule has 1 aromatic rings. The predicted octanol–water partition coefficient (Wildman–Crippen LogP) is 2.42. The molecule has 0 heterocycles. The predicted molar refractivity (Wildman–Crippen MR) is 51.5 cm³/mol. The first-order valence-corrected chi connectivity index (χ1v) is 4.02. The van der Waals surface area contributed by atoms with Gasteiger partial charge in [0.2, 0.25) is 0 Å². The highest BCUT2D eigenvalue weighted by atomic mass is 19.1. The molecule has 0 fully saturated rings. The van der Waals surface area contributed by atoms with E-state index in [4.69, 9.17) is 10.5 Å². The Labute approximate surface area is 76.8 Å². The van der Waals surface area contributed by atoms with Gasteiger partial charge in [-0.15, -0.1) is 0 Å². The third kappa shape index (κ3) is 2.21. The van der Waals surface area contributed by atoms with Crippen LogP contribution in [0.1, 0.15) is 12.5 Å². The minimum atomic E-state index is -0.356. The summed E-state index contributed by atoms with van der Waals surface area (Å²) in [6.07, 6.45) is 0. The Morgan fingerprint density at radius 1 is 1.62 bits per heavy atom. The number of ether oxygens (including phenoxy) is 1. The molecule has 0 aliphatic heterocycles. The average molecular weight is 181 g/mol. The second kappa shape index (κ2) is 3.94. The van der Waals surface area contributed by atoms with Gasteiger partial charge in [-0.1, -0.05) is 6.58 Å². The highest BCUT2D eigenvalue weighted by Crippen LogP contribution is 2.21. The van der Waals surface area contributed by atoms with Gasteiger partial charge in [-0.2, -0.15) is 0 Å². The van der Waals surface area contributed by atoms with E-state index >= 15 is 0 Å². The van der Waals surface area contributed by atoms with E-state index in [1.807, 2.05) is 6.92 Å². The molecule has 70 valence electrons. The summed E-state index contributed by atoms with van der Waals surface area (Å²) in [5.74, 6) is 0.116. The maximum Gasteiger partial charge on any atom is 0.125 e. The van der Waals surface area contributed by atoms with Crippen LogP contribution >= 0.6 is 0 Å². The standard InChI is InChI=1S/C10H12FNO/c1-3-13-7(2)9-5-4-8(11)6-10(9)12/h4-6H,2-3,12H2,1H3. The molecule has 1 aromatic carbocycles. The van der Waals surface area contributed by atoms with Crippen molar-refractivity contribution in [1.29, 1.82) is 0 Å². The lowest BCUT2D eigenvalue weighted by atomic mass is 10.1. The molecule has 3 heteroatoms. The Balaban J connectivity index is 2.95. The van der Waals surface area contributed by atoms with Crippen molar-refractivity contribution in [3.05, 3.63) is 36.2 Å². The van der Waals surface area contributed by atoms with Gasteiger partial charge in [0, 0.05) is 11.3 Å². The summed E-state index contributed by atoms with van der Waals surface area (Å²) in [7, 11) is 0. The van der Waals surface area contributed by atoms with Crippen LogP contribution in [-0.4, -0.2) is 6.61 Å². The number of hydrogen-bond donors (Lipinski definition) is 1. The van der Waals surface area contributed by atoms with Crippen LogP contribution in [0.15, 0.2) is 24.8 Å². The molecule has 0 saturated carbocycles. The lowest BCUT2D eigenvalue weighted by Gasteiger charge is -2.09. The molecule has 0 bridgehead atoms. The first-order valence-electron chi connectivity index (χ1n) is 4.02. The van der Waals surface area contributed by atoms with E-state index in [1.54, 1.807) is 6.07 Å². The molecule has 1 rings (SSSR count). The van der Waals surface area contributed by atoms with Crippen LogP contribution in [0.2, 0.25) is 0 Å².